The van der Waals surface area contributed by atoms with Gasteiger partial charge in [0.2, 0.25) is 0 Å². The summed E-state index contributed by atoms with van der Waals surface area (Å²) in [6.07, 6.45) is -4.78. The molecule has 18 heteroatoms. The number of ether oxygens (including phenoxy) is 3. The molecule has 0 aromatic heterocycles. The van der Waals surface area contributed by atoms with Crippen LogP contribution in [0.15, 0.2) is 16.8 Å². The third-order valence-corrected chi connectivity index (χ3v) is 9.39. The van der Waals surface area contributed by atoms with Gasteiger partial charge in [-0.15, -0.1) is 0 Å². The van der Waals surface area contributed by atoms with Crippen LogP contribution in [0.25, 0.3) is 0 Å². The van der Waals surface area contributed by atoms with Crippen LogP contribution >= 0.6 is 0 Å². The summed E-state index contributed by atoms with van der Waals surface area (Å²) in [7, 11) is 1.57. The molecule has 2 saturated carbocycles. The van der Waals surface area contributed by atoms with Gasteiger partial charge in [-0.2, -0.15) is 0 Å². The second-order valence-corrected chi connectivity index (χ2v) is 13.2. The molecule has 0 spiro atoms. The Morgan fingerprint density at radius 2 is 1.89 bits per heavy atom. The number of nitrogens with two attached hydrogens (primary N) is 4. The normalized spacial score (nSPS) is 43.4. The zero-order valence-corrected chi connectivity index (χ0v) is 26.2. The van der Waals surface area contributed by atoms with Crippen molar-refractivity contribution in [3.8, 4) is 0 Å². The summed E-state index contributed by atoms with van der Waals surface area (Å²) in [6, 6.07) is -3.54. The number of nitrogens with zero attached hydrogens (tertiary/aromatic N) is 1. The molecule has 2 aliphatic heterocycles. The van der Waals surface area contributed by atoms with E-state index in [-0.39, 0.29) is 44.9 Å². The fourth-order valence-electron chi connectivity index (χ4n) is 6.90. The van der Waals surface area contributed by atoms with Crippen molar-refractivity contribution >= 4 is 11.9 Å². The summed E-state index contributed by atoms with van der Waals surface area (Å²) in [5.41, 5.74) is 20.8. The molecule has 12 atom stereocenters. The Kier molecular flexibility index (Phi) is 11.9. The van der Waals surface area contributed by atoms with Crippen LogP contribution in [-0.4, -0.2) is 154 Å². The number of aliphatic hydroxyl groups excluding tert-OH is 4. The summed E-state index contributed by atoms with van der Waals surface area (Å²) in [5, 5.41) is 72.0. The smallest absolute Gasteiger partial charge is 0.252 e. The molecule has 264 valence electrons. The number of guanidine groups is 1. The van der Waals surface area contributed by atoms with Crippen LogP contribution in [0, 0.1) is 5.92 Å². The van der Waals surface area contributed by atoms with Gasteiger partial charge in [0, 0.05) is 37.4 Å². The SMILES string of the molecule is CN[C@@H]1[C@@H](O)[C@@H](O[C@H]2[C@H](NC(=O)C3(O)CC(N=C(N)N)C3)C[C@H](N)C([C@H]3OC(CNCC(O)CO)=CC[C@H]3N)[C@@H]2O)OC[C@]1(C)O. The van der Waals surface area contributed by atoms with Gasteiger partial charge in [-0.25, -0.2) is 0 Å². The molecule has 2 heterocycles. The van der Waals surface area contributed by atoms with E-state index in [0.29, 0.717) is 12.2 Å². The molecule has 17 N–H and O–H groups in total. The first kappa shape index (κ1) is 36.6. The first-order valence-electron chi connectivity index (χ1n) is 15.6. The van der Waals surface area contributed by atoms with Gasteiger partial charge in [0.25, 0.3) is 5.91 Å². The van der Waals surface area contributed by atoms with E-state index in [2.05, 4.69) is 20.9 Å². The van der Waals surface area contributed by atoms with Gasteiger partial charge in [0.1, 0.15) is 35.3 Å². The van der Waals surface area contributed by atoms with Crippen LogP contribution in [0.5, 0.6) is 0 Å². The molecule has 4 rings (SSSR count). The number of likely N-dealkylation sites (N-methyl/N-ethyl adjacent to an activating group) is 1. The van der Waals surface area contributed by atoms with E-state index in [1.807, 2.05) is 0 Å². The van der Waals surface area contributed by atoms with Gasteiger partial charge in [-0.05, 0) is 32.9 Å². The highest BCUT2D eigenvalue weighted by molar-refractivity contribution is 5.87. The number of nitrogens with one attached hydrogen (secondary N) is 3. The molecule has 2 aliphatic carbocycles. The Morgan fingerprint density at radius 1 is 1.20 bits per heavy atom. The van der Waals surface area contributed by atoms with Crippen molar-refractivity contribution in [3.63, 3.8) is 0 Å². The molecule has 0 aromatic carbocycles. The zero-order valence-electron chi connectivity index (χ0n) is 26.2. The van der Waals surface area contributed by atoms with E-state index in [9.17, 15) is 30.3 Å². The summed E-state index contributed by atoms with van der Waals surface area (Å²) in [6.45, 7) is 1.26. The molecule has 46 heavy (non-hydrogen) atoms. The predicted molar refractivity (Wildman–Crippen MR) is 163 cm³/mol. The molecule has 18 nitrogen and oxygen atoms in total. The van der Waals surface area contributed by atoms with Crippen molar-refractivity contribution in [2.24, 2.45) is 33.8 Å². The lowest BCUT2D eigenvalue weighted by Gasteiger charge is -2.51. The molecular weight excluding hydrogens is 608 g/mol. The van der Waals surface area contributed by atoms with Crippen LogP contribution in [-0.2, 0) is 19.0 Å². The van der Waals surface area contributed by atoms with Crippen molar-refractivity contribution in [1.29, 1.82) is 0 Å². The lowest BCUT2D eigenvalue weighted by atomic mass is 9.71. The zero-order chi connectivity index (χ0) is 34.0. The molecular formula is C28H52N8O10. The molecule has 4 aliphatic rings. The van der Waals surface area contributed by atoms with Crippen molar-refractivity contribution in [3.05, 3.63) is 11.8 Å². The number of carbonyl (C=O) groups excluding carboxylic acids is 1. The second-order valence-electron chi connectivity index (χ2n) is 13.2. The number of aliphatic imine (C=N–C) groups is 1. The van der Waals surface area contributed by atoms with Gasteiger partial charge in [-0.3, -0.25) is 9.79 Å². The quantitative estimate of drug-likeness (QED) is 0.0684. The monoisotopic (exact) mass is 660 g/mol. The number of amides is 1. The van der Waals surface area contributed by atoms with Crippen molar-refractivity contribution in [2.75, 3.05) is 33.4 Å². The minimum absolute atomic E-state index is 0.0150. The third kappa shape index (κ3) is 8.08. The Labute approximate surface area is 267 Å². The number of hydrogen-bond donors (Lipinski definition) is 13. The average molecular weight is 661 g/mol. The van der Waals surface area contributed by atoms with Crippen molar-refractivity contribution < 1.29 is 49.6 Å². The van der Waals surface area contributed by atoms with Crippen molar-refractivity contribution in [1.82, 2.24) is 16.0 Å². The Balaban J connectivity index is 1.54. The van der Waals surface area contributed by atoms with E-state index >= 15 is 0 Å². The summed E-state index contributed by atoms with van der Waals surface area (Å²) < 4.78 is 18.1. The molecule has 0 radical (unpaired) electrons. The molecule has 3 fully saturated rings. The van der Waals surface area contributed by atoms with E-state index in [1.54, 1.807) is 13.1 Å². The first-order chi connectivity index (χ1) is 21.6. The van der Waals surface area contributed by atoms with Crippen LogP contribution in [0.2, 0.25) is 0 Å². The first-order valence-corrected chi connectivity index (χ1v) is 15.6. The summed E-state index contributed by atoms with van der Waals surface area (Å²) in [4.78, 5) is 17.3. The molecule has 0 aromatic rings. The van der Waals surface area contributed by atoms with E-state index in [0.717, 1.165) is 0 Å². The van der Waals surface area contributed by atoms with Crippen molar-refractivity contribution in [2.45, 2.75) is 111 Å². The van der Waals surface area contributed by atoms with Gasteiger partial charge in [0.05, 0.1) is 50.1 Å². The Bertz CT molecular complexity index is 1100. The van der Waals surface area contributed by atoms with E-state index < -0.39 is 96.7 Å². The number of carbonyl (C=O) groups is 1. The van der Waals surface area contributed by atoms with Crippen LogP contribution in [0.3, 0.4) is 0 Å². The third-order valence-electron chi connectivity index (χ3n) is 9.39. The summed E-state index contributed by atoms with van der Waals surface area (Å²) in [5.74, 6) is -1.17. The van der Waals surface area contributed by atoms with Gasteiger partial charge >= 0.3 is 0 Å². The largest absolute Gasteiger partial charge is 0.492 e. The van der Waals surface area contributed by atoms with Crippen LogP contribution in [0.1, 0.15) is 32.6 Å². The fraction of sp³-hybridized carbons (Fsp3) is 0.857. The van der Waals surface area contributed by atoms with Crippen LogP contribution < -0.4 is 38.9 Å². The highest BCUT2D eigenvalue weighted by Gasteiger charge is 2.55. The highest BCUT2D eigenvalue weighted by atomic mass is 16.7. The average Bonchev–Trinajstić information content (AvgIpc) is 2.96. The summed E-state index contributed by atoms with van der Waals surface area (Å²) >= 11 is 0. The predicted octanol–water partition coefficient (Wildman–Crippen LogP) is -6.27. The lowest BCUT2D eigenvalue weighted by Crippen LogP contribution is -2.70. The number of rotatable bonds is 12. The molecule has 1 amide bonds. The Morgan fingerprint density at radius 3 is 2.52 bits per heavy atom. The maximum absolute atomic E-state index is 13.3. The molecule has 1 saturated heterocycles. The van der Waals surface area contributed by atoms with Crippen LogP contribution in [0.4, 0.5) is 0 Å². The standard InChI is InChI=1S/C28H52N8O10/c1-27(42)11-44-24(20(40)23(27)33-2)46-22-17(36-25(41)28(43)6-12(7-28)35-26(31)32)5-16(30)18(19(22)39)21-15(29)4-3-14(45-21)9-34-8-13(38)10-37/h3,12-13,15-24,33-34,37-40,42-43H,4-11,29-30H2,1-2H3,(H,36,41)(H4,31,32,35)/t12?,13?,15-,16+,17-,18?,19+,20-,21+,22+,23-,24-,27+,28?/m1/s1. The highest BCUT2D eigenvalue weighted by Crippen LogP contribution is 2.38. The minimum Gasteiger partial charge on any atom is -0.492 e. The van der Waals surface area contributed by atoms with E-state index in [1.165, 1.54) is 6.92 Å². The molecule has 0 bridgehead atoms. The molecule has 2 unspecified atom stereocenters. The topological polar surface area (TPSA) is 319 Å². The fourth-order valence-corrected chi connectivity index (χ4v) is 6.90. The second kappa shape index (κ2) is 14.9. The number of hydrogen-bond acceptors (Lipinski definition) is 15. The Hall–Kier alpha value is -2.20. The number of aliphatic hydroxyl groups is 6. The maximum atomic E-state index is 13.3. The lowest BCUT2D eigenvalue weighted by molar-refractivity contribution is -0.297. The minimum atomic E-state index is -1.76. The van der Waals surface area contributed by atoms with E-state index in [4.69, 9.17) is 42.3 Å². The maximum Gasteiger partial charge on any atom is 0.252 e. The van der Waals surface area contributed by atoms with Gasteiger partial charge in [-0.1, -0.05) is 0 Å². The van der Waals surface area contributed by atoms with Gasteiger partial charge < -0.3 is 83.7 Å². The van der Waals surface area contributed by atoms with Gasteiger partial charge in [0.15, 0.2) is 12.2 Å².